The number of hydrogen-bond acceptors (Lipinski definition) is 1. The van der Waals surface area contributed by atoms with Crippen molar-refractivity contribution >= 4 is 43.5 Å². The molecule has 0 radical (unpaired) electrons. The number of nitrogens with zero attached hydrogens (tertiary/aromatic N) is 1. The molecular formula is C10H8Br2F3NO. The van der Waals surface area contributed by atoms with Gasteiger partial charge in [-0.05, 0) is 18.2 Å². The maximum Gasteiger partial charge on any atom is 0.397 e. The molecule has 0 aromatic heterocycles. The quantitative estimate of drug-likeness (QED) is 0.762. The zero-order chi connectivity index (χ0) is 13.2. The lowest BCUT2D eigenvalue weighted by Crippen LogP contribution is -2.30. The van der Waals surface area contributed by atoms with Gasteiger partial charge in [0.1, 0.15) is 6.42 Å². The number of carbonyl (C=O) groups excluding carboxylic acids is 1. The van der Waals surface area contributed by atoms with Gasteiger partial charge in [-0.3, -0.25) is 4.79 Å². The Labute approximate surface area is 113 Å². The van der Waals surface area contributed by atoms with E-state index in [-0.39, 0.29) is 0 Å². The molecule has 1 rings (SSSR count). The van der Waals surface area contributed by atoms with Crippen LogP contribution in [0.15, 0.2) is 27.1 Å². The average Bonchev–Trinajstić information content (AvgIpc) is 2.12. The minimum atomic E-state index is -4.49. The summed E-state index contributed by atoms with van der Waals surface area (Å²) in [4.78, 5) is 12.3. The largest absolute Gasteiger partial charge is 0.397 e. The van der Waals surface area contributed by atoms with Gasteiger partial charge in [0.2, 0.25) is 5.91 Å². The van der Waals surface area contributed by atoms with Crippen LogP contribution < -0.4 is 4.90 Å². The van der Waals surface area contributed by atoms with Crippen LogP contribution in [0.4, 0.5) is 18.9 Å². The van der Waals surface area contributed by atoms with Gasteiger partial charge in [-0.2, -0.15) is 13.2 Å². The van der Waals surface area contributed by atoms with Crippen LogP contribution in [0, 0.1) is 0 Å². The van der Waals surface area contributed by atoms with Crippen molar-refractivity contribution in [1.29, 1.82) is 0 Å². The molecule has 0 aliphatic rings. The smallest absolute Gasteiger partial charge is 0.315 e. The summed E-state index contributed by atoms with van der Waals surface area (Å²) in [5.41, 5.74) is 0.389. The average molecular weight is 375 g/mol. The summed E-state index contributed by atoms with van der Waals surface area (Å²) in [6.07, 6.45) is -5.96. The molecule has 7 heteroatoms. The number of anilines is 1. The molecule has 0 spiro atoms. The van der Waals surface area contributed by atoms with Crippen LogP contribution in [0.5, 0.6) is 0 Å². The lowest BCUT2D eigenvalue weighted by molar-refractivity contribution is -0.151. The Bertz CT molecular complexity index is 414. The summed E-state index contributed by atoms with van der Waals surface area (Å²) < 4.78 is 37.6. The van der Waals surface area contributed by atoms with Gasteiger partial charge in [-0.15, -0.1) is 0 Å². The molecule has 2 nitrogen and oxygen atoms in total. The Morgan fingerprint density at radius 3 is 2.12 bits per heavy atom. The van der Waals surface area contributed by atoms with Gasteiger partial charge in [0.15, 0.2) is 0 Å². The summed E-state index contributed by atoms with van der Waals surface area (Å²) in [5.74, 6) is -0.998. The van der Waals surface area contributed by atoms with Crippen molar-refractivity contribution in [2.45, 2.75) is 12.6 Å². The first kappa shape index (κ1) is 14.5. The Balaban J connectivity index is 2.89. The number of halogens is 5. The highest BCUT2D eigenvalue weighted by Gasteiger charge is 2.33. The highest BCUT2D eigenvalue weighted by Crippen LogP contribution is 2.27. The van der Waals surface area contributed by atoms with Gasteiger partial charge < -0.3 is 4.90 Å². The van der Waals surface area contributed by atoms with Crippen LogP contribution in [-0.2, 0) is 4.79 Å². The summed E-state index contributed by atoms with van der Waals surface area (Å²) >= 11 is 6.40. The molecule has 0 saturated carbocycles. The molecule has 0 fully saturated rings. The van der Waals surface area contributed by atoms with Crippen LogP contribution >= 0.6 is 31.9 Å². The standard InChI is InChI=1S/C10H8Br2F3NO/c1-16(9(17)5-10(13,14)15)8-3-6(11)2-7(12)4-8/h2-4H,5H2,1H3. The number of alkyl halides is 3. The second-order valence-electron chi connectivity index (χ2n) is 3.37. The fourth-order valence-corrected chi connectivity index (χ4v) is 2.44. The van der Waals surface area contributed by atoms with E-state index < -0.39 is 18.5 Å². The van der Waals surface area contributed by atoms with Crippen molar-refractivity contribution < 1.29 is 18.0 Å². The van der Waals surface area contributed by atoms with Crippen LogP contribution in [0.3, 0.4) is 0 Å². The van der Waals surface area contributed by atoms with E-state index in [2.05, 4.69) is 31.9 Å². The van der Waals surface area contributed by atoms with Gasteiger partial charge in [-0.25, -0.2) is 0 Å². The highest BCUT2D eigenvalue weighted by molar-refractivity contribution is 9.11. The summed E-state index contributed by atoms with van der Waals surface area (Å²) in [6, 6.07) is 4.86. The molecule has 0 unspecified atom stereocenters. The fourth-order valence-electron chi connectivity index (χ4n) is 1.17. The fraction of sp³-hybridized carbons (Fsp3) is 0.300. The number of carbonyl (C=O) groups is 1. The van der Waals surface area contributed by atoms with Crippen molar-refractivity contribution in [3.63, 3.8) is 0 Å². The SMILES string of the molecule is CN(C(=O)CC(F)(F)F)c1cc(Br)cc(Br)c1. The topological polar surface area (TPSA) is 20.3 Å². The molecule has 94 valence electrons. The van der Waals surface area contributed by atoms with E-state index in [1.807, 2.05) is 0 Å². The molecule has 0 atom stereocenters. The molecule has 1 amide bonds. The van der Waals surface area contributed by atoms with E-state index in [1.165, 1.54) is 7.05 Å². The Morgan fingerprint density at radius 2 is 1.71 bits per heavy atom. The molecule has 1 aromatic carbocycles. The molecule has 17 heavy (non-hydrogen) atoms. The summed E-state index contributed by atoms with van der Waals surface area (Å²) in [7, 11) is 1.31. The number of amides is 1. The monoisotopic (exact) mass is 373 g/mol. The van der Waals surface area contributed by atoms with Gasteiger partial charge in [0, 0.05) is 21.7 Å². The Morgan fingerprint density at radius 1 is 1.24 bits per heavy atom. The van der Waals surface area contributed by atoms with Gasteiger partial charge in [0.05, 0.1) is 0 Å². The van der Waals surface area contributed by atoms with E-state index in [0.29, 0.717) is 14.6 Å². The second-order valence-corrected chi connectivity index (χ2v) is 5.20. The third-order valence-electron chi connectivity index (χ3n) is 1.96. The third-order valence-corrected chi connectivity index (χ3v) is 2.88. The maximum atomic E-state index is 12.1. The van der Waals surface area contributed by atoms with Gasteiger partial charge in [0.25, 0.3) is 0 Å². The van der Waals surface area contributed by atoms with Crippen LogP contribution in [0.2, 0.25) is 0 Å². The lowest BCUT2D eigenvalue weighted by Gasteiger charge is -2.18. The maximum absolute atomic E-state index is 12.1. The van der Waals surface area contributed by atoms with Gasteiger partial charge in [-0.1, -0.05) is 31.9 Å². The predicted molar refractivity (Wildman–Crippen MR) is 65.9 cm³/mol. The summed E-state index contributed by atoms with van der Waals surface area (Å²) in [6.45, 7) is 0. The van der Waals surface area contributed by atoms with Crippen LogP contribution in [0.25, 0.3) is 0 Å². The second kappa shape index (κ2) is 5.39. The minimum absolute atomic E-state index is 0.389. The highest BCUT2D eigenvalue weighted by atomic mass is 79.9. The first-order valence-electron chi connectivity index (χ1n) is 4.48. The third kappa shape index (κ3) is 4.67. The van der Waals surface area contributed by atoms with E-state index >= 15 is 0 Å². The van der Waals surface area contributed by atoms with Crippen molar-refractivity contribution in [2.24, 2.45) is 0 Å². The van der Waals surface area contributed by atoms with Crippen molar-refractivity contribution in [3.8, 4) is 0 Å². The van der Waals surface area contributed by atoms with E-state index in [9.17, 15) is 18.0 Å². The van der Waals surface area contributed by atoms with E-state index in [0.717, 1.165) is 4.90 Å². The van der Waals surface area contributed by atoms with Crippen molar-refractivity contribution in [1.82, 2.24) is 0 Å². The van der Waals surface area contributed by atoms with E-state index in [1.54, 1.807) is 18.2 Å². The summed E-state index contributed by atoms with van der Waals surface area (Å²) in [5, 5.41) is 0. The van der Waals surface area contributed by atoms with E-state index in [4.69, 9.17) is 0 Å². The molecule has 0 aliphatic heterocycles. The minimum Gasteiger partial charge on any atom is -0.315 e. The van der Waals surface area contributed by atoms with Crippen LogP contribution in [0.1, 0.15) is 6.42 Å². The first-order valence-corrected chi connectivity index (χ1v) is 6.07. The molecular weight excluding hydrogens is 367 g/mol. The molecule has 0 saturated heterocycles. The van der Waals surface area contributed by atoms with Crippen LogP contribution in [-0.4, -0.2) is 19.1 Å². The van der Waals surface area contributed by atoms with Crippen molar-refractivity contribution in [3.05, 3.63) is 27.1 Å². The molecule has 0 heterocycles. The molecule has 0 N–H and O–H groups in total. The van der Waals surface area contributed by atoms with Gasteiger partial charge >= 0.3 is 6.18 Å². The molecule has 0 bridgehead atoms. The normalized spacial score (nSPS) is 11.4. The number of rotatable bonds is 2. The number of hydrogen-bond donors (Lipinski definition) is 0. The molecule has 0 aliphatic carbocycles. The number of benzene rings is 1. The lowest BCUT2D eigenvalue weighted by atomic mass is 10.2. The predicted octanol–water partition coefficient (Wildman–Crippen LogP) is 4.13. The Kier molecular flexibility index (Phi) is 4.60. The Hall–Kier alpha value is -0.560. The zero-order valence-electron chi connectivity index (χ0n) is 8.68. The molecule has 1 aromatic rings. The van der Waals surface area contributed by atoms with Crippen molar-refractivity contribution in [2.75, 3.05) is 11.9 Å². The zero-order valence-corrected chi connectivity index (χ0v) is 11.9. The first-order chi connectivity index (χ1) is 7.69.